The summed E-state index contributed by atoms with van der Waals surface area (Å²) < 4.78 is 0. The second-order valence-electron chi connectivity index (χ2n) is 5.51. The summed E-state index contributed by atoms with van der Waals surface area (Å²) in [5.74, 6) is 2.57. The molecule has 96 valence electrons. The Hall–Kier alpha value is -0.340. The summed E-state index contributed by atoms with van der Waals surface area (Å²) >= 11 is 1.90. The quantitative estimate of drug-likeness (QED) is 0.838. The van der Waals surface area contributed by atoms with Crippen LogP contribution >= 0.6 is 11.3 Å². The predicted molar refractivity (Wildman–Crippen MR) is 76.3 cm³/mol. The molecule has 0 aliphatic heterocycles. The zero-order valence-electron chi connectivity index (χ0n) is 10.9. The topological polar surface area (TPSA) is 26.0 Å². The maximum atomic E-state index is 5.95. The number of hydrogen-bond donors (Lipinski definition) is 1. The number of hydrogen-bond acceptors (Lipinski definition) is 2. The van der Waals surface area contributed by atoms with E-state index in [9.17, 15) is 0 Å². The molecule has 3 unspecified atom stereocenters. The van der Waals surface area contributed by atoms with Crippen molar-refractivity contribution in [3.05, 3.63) is 22.4 Å². The van der Waals surface area contributed by atoms with Crippen molar-refractivity contribution in [3.8, 4) is 0 Å². The van der Waals surface area contributed by atoms with Gasteiger partial charge in [-0.3, -0.25) is 0 Å². The van der Waals surface area contributed by atoms with Crippen molar-refractivity contribution in [1.82, 2.24) is 0 Å². The van der Waals surface area contributed by atoms with Crippen molar-refractivity contribution in [2.24, 2.45) is 23.5 Å². The van der Waals surface area contributed by atoms with Crippen molar-refractivity contribution in [2.75, 3.05) is 6.54 Å². The minimum absolute atomic E-state index is 0.769. The van der Waals surface area contributed by atoms with E-state index in [2.05, 4.69) is 24.4 Å². The van der Waals surface area contributed by atoms with Crippen LogP contribution in [0.2, 0.25) is 0 Å². The third-order valence-corrected chi connectivity index (χ3v) is 5.19. The summed E-state index contributed by atoms with van der Waals surface area (Å²) in [7, 11) is 0. The Kier molecular flexibility index (Phi) is 5.05. The van der Waals surface area contributed by atoms with Gasteiger partial charge in [0.1, 0.15) is 0 Å². The van der Waals surface area contributed by atoms with Gasteiger partial charge in [-0.05, 0) is 55.0 Å². The minimum Gasteiger partial charge on any atom is -0.330 e. The molecule has 1 aromatic heterocycles. The van der Waals surface area contributed by atoms with E-state index in [0.29, 0.717) is 0 Å². The van der Waals surface area contributed by atoms with Crippen LogP contribution in [-0.4, -0.2) is 6.54 Å². The van der Waals surface area contributed by atoms with Gasteiger partial charge < -0.3 is 5.73 Å². The average Bonchev–Trinajstić information content (AvgIpc) is 2.83. The SMILES string of the molecule is CCCC1CCC(CN)C(Cc2cccs2)C1. The first-order valence-electron chi connectivity index (χ1n) is 7.06. The molecule has 1 heterocycles. The maximum absolute atomic E-state index is 5.95. The fourth-order valence-corrected chi connectivity index (χ4v) is 4.14. The molecule has 1 fully saturated rings. The lowest BCUT2D eigenvalue weighted by Crippen LogP contribution is -2.31. The van der Waals surface area contributed by atoms with Gasteiger partial charge in [0.2, 0.25) is 0 Å². The van der Waals surface area contributed by atoms with Crippen molar-refractivity contribution in [1.29, 1.82) is 0 Å². The van der Waals surface area contributed by atoms with Gasteiger partial charge in [0.25, 0.3) is 0 Å². The Morgan fingerprint density at radius 3 is 2.88 bits per heavy atom. The van der Waals surface area contributed by atoms with Crippen molar-refractivity contribution in [2.45, 2.75) is 45.4 Å². The molecule has 0 amide bonds. The van der Waals surface area contributed by atoms with E-state index in [4.69, 9.17) is 5.73 Å². The van der Waals surface area contributed by atoms with Crippen LogP contribution in [0, 0.1) is 17.8 Å². The average molecular weight is 251 g/mol. The first kappa shape index (κ1) is 13.1. The lowest BCUT2D eigenvalue weighted by Gasteiger charge is -2.35. The molecule has 0 aromatic carbocycles. The summed E-state index contributed by atoms with van der Waals surface area (Å²) in [6, 6.07) is 4.45. The summed E-state index contributed by atoms with van der Waals surface area (Å²) in [4.78, 5) is 1.55. The molecule has 2 N–H and O–H groups in total. The van der Waals surface area contributed by atoms with E-state index in [-0.39, 0.29) is 0 Å². The van der Waals surface area contributed by atoms with Crippen LogP contribution in [0.5, 0.6) is 0 Å². The number of thiophene rings is 1. The molecule has 2 rings (SSSR count). The Labute approximate surface area is 109 Å². The van der Waals surface area contributed by atoms with Crippen LogP contribution in [0.4, 0.5) is 0 Å². The molecule has 3 atom stereocenters. The van der Waals surface area contributed by atoms with Gasteiger partial charge in [0.15, 0.2) is 0 Å². The number of nitrogens with two attached hydrogens (primary N) is 1. The van der Waals surface area contributed by atoms with Gasteiger partial charge >= 0.3 is 0 Å². The highest BCUT2D eigenvalue weighted by Gasteiger charge is 2.29. The fourth-order valence-electron chi connectivity index (χ4n) is 3.34. The van der Waals surface area contributed by atoms with E-state index < -0.39 is 0 Å². The third-order valence-electron chi connectivity index (χ3n) is 4.29. The molecule has 2 heteroatoms. The Bertz CT molecular complexity index is 307. The molecular weight excluding hydrogens is 226 g/mol. The lowest BCUT2D eigenvalue weighted by molar-refractivity contribution is 0.176. The normalized spacial score (nSPS) is 29.4. The zero-order chi connectivity index (χ0) is 12.1. The van der Waals surface area contributed by atoms with E-state index in [1.165, 1.54) is 38.5 Å². The van der Waals surface area contributed by atoms with Crippen LogP contribution in [0.25, 0.3) is 0 Å². The van der Waals surface area contributed by atoms with Crippen LogP contribution in [0.1, 0.15) is 43.9 Å². The van der Waals surface area contributed by atoms with Gasteiger partial charge in [-0.1, -0.05) is 32.3 Å². The van der Waals surface area contributed by atoms with Crippen LogP contribution in [0.15, 0.2) is 17.5 Å². The molecule has 1 aliphatic carbocycles. The molecular formula is C15H25NS. The molecule has 0 spiro atoms. The first-order chi connectivity index (χ1) is 8.33. The summed E-state index contributed by atoms with van der Waals surface area (Å²) in [6.45, 7) is 3.19. The van der Waals surface area contributed by atoms with Crippen LogP contribution in [-0.2, 0) is 6.42 Å². The largest absolute Gasteiger partial charge is 0.330 e. The second-order valence-corrected chi connectivity index (χ2v) is 6.54. The molecule has 0 radical (unpaired) electrons. The van der Waals surface area contributed by atoms with E-state index >= 15 is 0 Å². The summed E-state index contributed by atoms with van der Waals surface area (Å²) in [6.07, 6.45) is 8.20. The molecule has 1 saturated carbocycles. The van der Waals surface area contributed by atoms with Gasteiger partial charge in [-0.25, -0.2) is 0 Å². The molecule has 17 heavy (non-hydrogen) atoms. The summed E-state index contributed by atoms with van der Waals surface area (Å²) in [5.41, 5.74) is 5.95. The van der Waals surface area contributed by atoms with Gasteiger partial charge in [-0.2, -0.15) is 0 Å². The van der Waals surface area contributed by atoms with Gasteiger partial charge in [-0.15, -0.1) is 11.3 Å². The molecule has 1 aromatic rings. The van der Waals surface area contributed by atoms with Crippen molar-refractivity contribution < 1.29 is 0 Å². The Morgan fingerprint density at radius 1 is 1.35 bits per heavy atom. The van der Waals surface area contributed by atoms with E-state index in [0.717, 1.165) is 24.3 Å². The van der Waals surface area contributed by atoms with Crippen LogP contribution < -0.4 is 5.73 Å². The third kappa shape index (κ3) is 3.56. The monoisotopic (exact) mass is 251 g/mol. The highest BCUT2D eigenvalue weighted by molar-refractivity contribution is 7.09. The van der Waals surface area contributed by atoms with E-state index in [1.54, 1.807) is 4.88 Å². The highest BCUT2D eigenvalue weighted by atomic mass is 32.1. The van der Waals surface area contributed by atoms with E-state index in [1.807, 2.05) is 11.3 Å². The summed E-state index contributed by atoms with van der Waals surface area (Å²) in [5, 5.41) is 2.19. The Morgan fingerprint density at radius 2 is 2.24 bits per heavy atom. The second kappa shape index (κ2) is 6.55. The lowest BCUT2D eigenvalue weighted by atomic mass is 9.71. The molecule has 0 bridgehead atoms. The Balaban J connectivity index is 1.94. The molecule has 1 nitrogen and oxygen atoms in total. The van der Waals surface area contributed by atoms with Crippen molar-refractivity contribution >= 4 is 11.3 Å². The van der Waals surface area contributed by atoms with Gasteiger partial charge in [0.05, 0.1) is 0 Å². The fraction of sp³-hybridized carbons (Fsp3) is 0.733. The minimum atomic E-state index is 0.769. The smallest absolute Gasteiger partial charge is 0.00480 e. The standard InChI is InChI=1S/C15H25NS/c1-2-4-12-6-7-13(11-16)14(9-12)10-15-5-3-8-17-15/h3,5,8,12-14H,2,4,6-7,9-11,16H2,1H3. The van der Waals surface area contributed by atoms with Crippen LogP contribution in [0.3, 0.4) is 0 Å². The number of rotatable bonds is 5. The maximum Gasteiger partial charge on any atom is 0.00480 e. The predicted octanol–water partition coefficient (Wildman–Crippen LogP) is 4.08. The van der Waals surface area contributed by atoms with Gasteiger partial charge in [0, 0.05) is 4.88 Å². The highest BCUT2D eigenvalue weighted by Crippen LogP contribution is 2.38. The zero-order valence-corrected chi connectivity index (χ0v) is 11.7. The first-order valence-corrected chi connectivity index (χ1v) is 7.93. The van der Waals surface area contributed by atoms with Crippen molar-refractivity contribution in [3.63, 3.8) is 0 Å². The molecule has 1 aliphatic rings. The molecule has 0 saturated heterocycles.